The number of carbonyl (C=O) groups excluding carboxylic acids is 1. The molecule has 0 aromatic heterocycles. The van der Waals surface area contributed by atoms with Gasteiger partial charge in [0.2, 0.25) is 5.91 Å². The summed E-state index contributed by atoms with van der Waals surface area (Å²) < 4.78 is 6.26. The Labute approximate surface area is 144 Å². The molecule has 1 saturated heterocycles. The lowest BCUT2D eigenvalue weighted by atomic mass is 9.62. The number of hydrogen-bond acceptors (Lipinski definition) is 3. The molecule has 1 aliphatic heterocycles. The van der Waals surface area contributed by atoms with Crippen LogP contribution in [0.1, 0.15) is 48.0 Å². The van der Waals surface area contributed by atoms with Crippen molar-refractivity contribution < 1.29 is 9.53 Å². The van der Waals surface area contributed by atoms with Gasteiger partial charge in [-0.15, -0.1) is 0 Å². The minimum absolute atomic E-state index is 0.260. The zero-order valence-corrected chi connectivity index (χ0v) is 14.5. The molecule has 4 nitrogen and oxygen atoms in total. The van der Waals surface area contributed by atoms with Crippen LogP contribution in [0.3, 0.4) is 0 Å². The molecule has 2 bridgehead atoms. The Hall–Kier alpha value is -1.39. The number of ether oxygens (including phenoxy) is 1. The number of hydrogen-bond donors (Lipinski definition) is 1. The molecular weight excluding hydrogens is 300 g/mol. The predicted molar refractivity (Wildman–Crippen MR) is 93.6 cm³/mol. The molecule has 24 heavy (non-hydrogen) atoms. The lowest BCUT2D eigenvalue weighted by molar-refractivity contribution is -0.169. The van der Waals surface area contributed by atoms with E-state index < -0.39 is 0 Å². The van der Waals surface area contributed by atoms with Crippen LogP contribution in [0.4, 0.5) is 0 Å². The first-order valence-electron chi connectivity index (χ1n) is 9.31. The van der Waals surface area contributed by atoms with Crippen molar-refractivity contribution in [1.29, 1.82) is 0 Å². The Bertz CT molecular complexity index is 612. The SMILES string of the molecule is COC1(c2cccc(C(N)=O)c2)C2CCCC1CN(CC1CC1)C2. The highest BCUT2D eigenvalue weighted by molar-refractivity contribution is 5.92. The van der Waals surface area contributed by atoms with Gasteiger partial charge in [-0.2, -0.15) is 0 Å². The molecule has 2 N–H and O–H groups in total. The van der Waals surface area contributed by atoms with E-state index in [-0.39, 0.29) is 11.5 Å². The first kappa shape index (κ1) is 16.1. The third kappa shape index (κ3) is 2.66. The molecule has 4 rings (SSSR count). The molecule has 2 atom stereocenters. The largest absolute Gasteiger partial charge is 0.373 e. The van der Waals surface area contributed by atoms with E-state index >= 15 is 0 Å². The van der Waals surface area contributed by atoms with E-state index in [9.17, 15) is 4.79 Å². The molecule has 2 aliphatic carbocycles. The molecule has 1 amide bonds. The van der Waals surface area contributed by atoms with Crippen molar-refractivity contribution in [1.82, 2.24) is 4.90 Å². The Balaban J connectivity index is 1.67. The highest BCUT2D eigenvalue weighted by atomic mass is 16.5. The molecule has 1 heterocycles. The smallest absolute Gasteiger partial charge is 0.248 e. The maximum atomic E-state index is 11.6. The standard InChI is InChI=1S/C20H28N2O2/c1-24-20(16-5-2-4-15(10-16)19(21)23)17-6-3-7-18(20)13-22(12-17)11-14-8-9-14/h2,4-5,10,14,17-18H,3,6-9,11-13H2,1H3,(H2,21,23). The topological polar surface area (TPSA) is 55.6 Å². The normalized spacial score (nSPS) is 33.4. The molecule has 1 aromatic rings. The molecule has 2 saturated carbocycles. The average molecular weight is 328 g/mol. The summed E-state index contributed by atoms with van der Waals surface area (Å²) in [7, 11) is 1.85. The van der Waals surface area contributed by atoms with Crippen LogP contribution in [0.15, 0.2) is 24.3 Å². The van der Waals surface area contributed by atoms with Gasteiger partial charge in [0.15, 0.2) is 0 Å². The Morgan fingerprint density at radius 2 is 1.96 bits per heavy atom. The molecule has 4 heteroatoms. The fourth-order valence-corrected chi connectivity index (χ4v) is 5.18. The first-order valence-corrected chi connectivity index (χ1v) is 9.31. The summed E-state index contributed by atoms with van der Waals surface area (Å²) in [5, 5.41) is 0. The number of amides is 1. The number of rotatable bonds is 5. The highest BCUT2D eigenvalue weighted by Crippen LogP contribution is 2.52. The minimum atomic E-state index is -0.362. The summed E-state index contributed by atoms with van der Waals surface area (Å²) in [6, 6.07) is 7.83. The number of primary amides is 1. The molecule has 1 aromatic carbocycles. The van der Waals surface area contributed by atoms with Crippen LogP contribution in [0.25, 0.3) is 0 Å². The molecule has 3 fully saturated rings. The van der Waals surface area contributed by atoms with Crippen LogP contribution in [-0.2, 0) is 10.3 Å². The fraction of sp³-hybridized carbons (Fsp3) is 0.650. The van der Waals surface area contributed by atoms with E-state index in [4.69, 9.17) is 10.5 Å². The van der Waals surface area contributed by atoms with Gasteiger partial charge in [0.25, 0.3) is 0 Å². The van der Waals surface area contributed by atoms with Gasteiger partial charge in [-0.3, -0.25) is 4.79 Å². The second kappa shape index (κ2) is 6.16. The maximum absolute atomic E-state index is 11.6. The van der Waals surface area contributed by atoms with Crippen LogP contribution in [0, 0.1) is 17.8 Å². The molecule has 0 spiro atoms. The van der Waals surface area contributed by atoms with Crippen molar-refractivity contribution in [2.24, 2.45) is 23.5 Å². The van der Waals surface area contributed by atoms with Crippen molar-refractivity contribution >= 4 is 5.91 Å². The third-order valence-corrected chi connectivity index (χ3v) is 6.42. The van der Waals surface area contributed by atoms with Crippen LogP contribution in [0.2, 0.25) is 0 Å². The van der Waals surface area contributed by atoms with E-state index in [1.54, 1.807) is 6.07 Å². The maximum Gasteiger partial charge on any atom is 0.248 e. The summed E-state index contributed by atoms with van der Waals surface area (Å²) >= 11 is 0. The fourth-order valence-electron chi connectivity index (χ4n) is 5.18. The van der Waals surface area contributed by atoms with Crippen LogP contribution >= 0.6 is 0 Å². The molecule has 0 radical (unpaired) electrons. The second-order valence-corrected chi connectivity index (χ2v) is 7.93. The number of piperidine rings is 1. The Morgan fingerprint density at radius 1 is 1.25 bits per heavy atom. The number of fused-ring (bicyclic) bond motifs is 2. The summed E-state index contributed by atoms with van der Waals surface area (Å²) in [4.78, 5) is 14.3. The van der Waals surface area contributed by atoms with E-state index in [0.29, 0.717) is 17.4 Å². The second-order valence-electron chi connectivity index (χ2n) is 7.93. The van der Waals surface area contributed by atoms with E-state index in [2.05, 4.69) is 11.0 Å². The van der Waals surface area contributed by atoms with E-state index in [0.717, 1.165) is 24.6 Å². The van der Waals surface area contributed by atoms with E-state index in [1.165, 1.54) is 38.6 Å². The van der Waals surface area contributed by atoms with Gasteiger partial charge in [-0.1, -0.05) is 18.6 Å². The summed E-state index contributed by atoms with van der Waals surface area (Å²) in [6.07, 6.45) is 6.50. The van der Waals surface area contributed by atoms with Crippen molar-refractivity contribution in [3.05, 3.63) is 35.4 Å². The quantitative estimate of drug-likeness (QED) is 0.904. The zero-order chi connectivity index (χ0) is 16.7. The van der Waals surface area contributed by atoms with Crippen LogP contribution < -0.4 is 5.73 Å². The van der Waals surface area contributed by atoms with E-state index in [1.807, 2.05) is 19.2 Å². The molecule has 3 aliphatic rings. The first-order chi connectivity index (χ1) is 11.6. The number of likely N-dealkylation sites (tertiary alicyclic amines) is 1. The van der Waals surface area contributed by atoms with Gasteiger partial charge in [0, 0.05) is 44.1 Å². The predicted octanol–water partition coefficient (Wildman–Crippen LogP) is 2.77. The average Bonchev–Trinajstić information content (AvgIpc) is 3.38. The zero-order valence-electron chi connectivity index (χ0n) is 14.5. The van der Waals surface area contributed by atoms with Crippen molar-refractivity contribution in [3.8, 4) is 0 Å². The number of benzene rings is 1. The Morgan fingerprint density at radius 3 is 2.54 bits per heavy atom. The van der Waals surface area contributed by atoms with Crippen molar-refractivity contribution in [2.75, 3.05) is 26.7 Å². The van der Waals surface area contributed by atoms with Gasteiger partial charge in [-0.25, -0.2) is 0 Å². The van der Waals surface area contributed by atoms with Gasteiger partial charge < -0.3 is 15.4 Å². The highest BCUT2D eigenvalue weighted by Gasteiger charge is 2.53. The lowest BCUT2D eigenvalue weighted by Gasteiger charge is -2.55. The molecular formula is C20H28N2O2. The van der Waals surface area contributed by atoms with Crippen LogP contribution in [-0.4, -0.2) is 37.6 Å². The molecule has 130 valence electrons. The monoisotopic (exact) mass is 328 g/mol. The number of nitrogens with two attached hydrogens (primary N) is 1. The third-order valence-electron chi connectivity index (χ3n) is 6.42. The number of methoxy groups -OCH3 is 1. The Kier molecular flexibility index (Phi) is 4.13. The van der Waals surface area contributed by atoms with Crippen LogP contribution in [0.5, 0.6) is 0 Å². The number of nitrogens with zero attached hydrogens (tertiary/aromatic N) is 1. The van der Waals surface area contributed by atoms with Gasteiger partial charge >= 0.3 is 0 Å². The summed E-state index contributed by atoms with van der Waals surface area (Å²) in [5.41, 5.74) is 6.97. The lowest BCUT2D eigenvalue weighted by Crippen LogP contribution is -2.59. The van der Waals surface area contributed by atoms with Crippen molar-refractivity contribution in [3.63, 3.8) is 0 Å². The molecule has 2 unspecified atom stereocenters. The number of carbonyl (C=O) groups is 1. The summed E-state index contributed by atoms with van der Waals surface area (Å²) in [5.74, 6) is 1.56. The van der Waals surface area contributed by atoms with Gasteiger partial charge in [0.05, 0.1) is 0 Å². The van der Waals surface area contributed by atoms with Gasteiger partial charge in [-0.05, 0) is 49.3 Å². The van der Waals surface area contributed by atoms with Crippen molar-refractivity contribution in [2.45, 2.75) is 37.7 Å². The minimum Gasteiger partial charge on any atom is -0.373 e. The summed E-state index contributed by atoms with van der Waals surface area (Å²) in [6.45, 7) is 3.48. The van der Waals surface area contributed by atoms with Gasteiger partial charge in [0.1, 0.15) is 5.60 Å².